The lowest BCUT2D eigenvalue weighted by Crippen LogP contribution is -2.34. The maximum atomic E-state index is 12.6. The number of halogens is 1. The molecule has 172 valence electrons. The first-order valence-corrected chi connectivity index (χ1v) is 11.8. The number of benzene rings is 2. The van der Waals surface area contributed by atoms with Gasteiger partial charge >= 0.3 is 5.97 Å². The van der Waals surface area contributed by atoms with E-state index in [2.05, 4.69) is 0 Å². The standard InChI is InChI=1S/C22H19ClN2O6S2/c1-13(2)12-31-20(26)11-24-21(27)19(33-22(24)28)10-14-3-8-18(17(9-14)25(29)30)32-16-6-4-15(23)5-7-16/h3-10,13H,11-12H2,1-2H3/b19-10-. The van der Waals surface area contributed by atoms with Crippen molar-refractivity contribution >= 4 is 64.0 Å². The van der Waals surface area contributed by atoms with Crippen molar-refractivity contribution in [2.45, 2.75) is 23.6 Å². The summed E-state index contributed by atoms with van der Waals surface area (Å²) in [5, 5.41) is 11.6. The summed E-state index contributed by atoms with van der Waals surface area (Å²) in [6.45, 7) is 3.45. The number of carbonyl (C=O) groups is 3. The summed E-state index contributed by atoms with van der Waals surface area (Å²) >= 11 is 7.76. The molecule has 0 aromatic heterocycles. The lowest BCUT2D eigenvalue weighted by molar-refractivity contribution is -0.387. The first-order chi connectivity index (χ1) is 15.6. The fraction of sp³-hybridized carbons (Fsp3) is 0.227. The minimum atomic E-state index is -0.675. The molecule has 2 amide bonds. The summed E-state index contributed by atoms with van der Waals surface area (Å²) in [6.07, 6.45) is 1.40. The van der Waals surface area contributed by atoms with Crippen molar-refractivity contribution in [1.29, 1.82) is 0 Å². The topological polar surface area (TPSA) is 107 Å². The molecule has 2 aromatic carbocycles. The first kappa shape index (κ1) is 24.8. The van der Waals surface area contributed by atoms with Crippen LogP contribution in [-0.4, -0.2) is 40.1 Å². The maximum absolute atomic E-state index is 12.6. The Balaban J connectivity index is 1.78. The Morgan fingerprint density at radius 3 is 2.58 bits per heavy atom. The van der Waals surface area contributed by atoms with Crippen LogP contribution in [-0.2, 0) is 14.3 Å². The van der Waals surface area contributed by atoms with Crippen molar-refractivity contribution in [3.05, 3.63) is 68.1 Å². The zero-order valence-electron chi connectivity index (χ0n) is 17.6. The number of carbonyl (C=O) groups excluding carboxylic acids is 3. The van der Waals surface area contributed by atoms with Crippen molar-refractivity contribution in [2.75, 3.05) is 13.2 Å². The molecular weight excluding hydrogens is 488 g/mol. The molecule has 0 saturated carbocycles. The van der Waals surface area contributed by atoms with Crippen LogP contribution in [0.15, 0.2) is 57.2 Å². The Morgan fingerprint density at radius 2 is 1.94 bits per heavy atom. The van der Waals surface area contributed by atoms with Gasteiger partial charge < -0.3 is 4.74 Å². The van der Waals surface area contributed by atoms with Gasteiger partial charge in [0, 0.05) is 16.0 Å². The molecular formula is C22H19ClN2O6S2. The van der Waals surface area contributed by atoms with Crippen LogP contribution in [0.1, 0.15) is 19.4 Å². The van der Waals surface area contributed by atoms with Gasteiger partial charge in [-0.15, -0.1) is 0 Å². The molecule has 11 heteroatoms. The minimum Gasteiger partial charge on any atom is -0.464 e. The second-order valence-electron chi connectivity index (χ2n) is 7.38. The number of amides is 2. The van der Waals surface area contributed by atoms with E-state index in [0.29, 0.717) is 27.2 Å². The van der Waals surface area contributed by atoms with Gasteiger partial charge in [-0.1, -0.05) is 43.3 Å². The highest BCUT2D eigenvalue weighted by Crippen LogP contribution is 2.37. The summed E-state index contributed by atoms with van der Waals surface area (Å²) in [5.74, 6) is -1.19. The maximum Gasteiger partial charge on any atom is 0.326 e. The van der Waals surface area contributed by atoms with Gasteiger partial charge in [0.2, 0.25) is 0 Å². The fourth-order valence-corrected chi connectivity index (χ4v) is 4.57. The zero-order valence-corrected chi connectivity index (χ0v) is 20.0. The number of nitro groups is 1. The zero-order chi connectivity index (χ0) is 24.1. The van der Waals surface area contributed by atoms with Gasteiger partial charge in [0.25, 0.3) is 16.8 Å². The predicted octanol–water partition coefficient (Wildman–Crippen LogP) is 5.63. The quantitative estimate of drug-likeness (QED) is 0.196. The monoisotopic (exact) mass is 506 g/mol. The highest BCUT2D eigenvalue weighted by molar-refractivity contribution is 8.18. The van der Waals surface area contributed by atoms with Gasteiger partial charge in [0.15, 0.2) is 0 Å². The smallest absolute Gasteiger partial charge is 0.326 e. The number of rotatable bonds is 8. The van der Waals surface area contributed by atoms with E-state index in [1.165, 1.54) is 23.9 Å². The second-order valence-corrected chi connectivity index (χ2v) is 9.93. The summed E-state index contributed by atoms with van der Waals surface area (Å²) < 4.78 is 5.03. The Hall–Kier alpha value is -2.82. The van der Waals surface area contributed by atoms with Gasteiger partial charge in [-0.05, 0) is 59.7 Å². The van der Waals surface area contributed by atoms with Crippen LogP contribution >= 0.6 is 35.1 Å². The van der Waals surface area contributed by atoms with E-state index in [1.54, 1.807) is 36.4 Å². The highest BCUT2D eigenvalue weighted by atomic mass is 35.5. The molecule has 0 radical (unpaired) electrons. The summed E-state index contributed by atoms with van der Waals surface area (Å²) in [6, 6.07) is 11.4. The molecule has 0 spiro atoms. The third kappa shape index (κ3) is 6.59. The van der Waals surface area contributed by atoms with Gasteiger partial charge in [-0.2, -0.15) is 0 Å². The molecule has 33 heavy (non-hydrogen) atoms. The number of thioether (sulfide) groups is 1. The highest BCUT2D eigenvalue weighted by Gasteiger charge is 2.36. The van der Waals surface area contributed by atoms with E-state index in [4.69, 9.17) is 16.3 Å². The number of ether oxygens (including phenoxy) is 1. The van der Waals surface area contributed by atoms with Gasteiger partial charge in [-0.25, -0.2) is 0 Å². The van der Waals surface area contributed by atoms with Crippen molar-refractivity contribution in [2.24, 2.45) is 5.92 Å². The van der Waals surface area contributed by atoms with Crippen molar-refractivity contribution in [1.82, 2.24) is 4.90 Å². The fourth-order valence-electron chi connectivity index (χ4n) is 2.70. The van der Waals surface area contributed by atoms with E-state index in [-0.39, 0.29) is 23.1 Å². The average Bonchev–Trinajstić information content (AvgIpc) is 3.02. The molecule has 3 rings (SSSR count). The SMILES string of the molecule is CC(C)COC(=O)CN1C(=O)S/C(=C\c2ccc(Sc3ccc(Cl)cc3)c([N+](=O)[O-])c2)C1=O. The Labute approximate surface area is 203 Å². The van der Waals surface area contributed by atoms with Crippen LogP contribution in [0.5, 0.6) is 0 Å². The Bertz CT molecular complexity index is 1130. The van der Waals surface area contributed by atoms with Crippen molar-refractivity contribution in [3.63, 3.8) is 0 Å². The largest absolute Gasteiger partial charge is 0.464 e. The lowest BCUT2D eigenvalue weighted by Gasteiger charge is -2.12. The molecule has 1 fully saturated rings. The van der Waals surface area contributed by atoms with Gasteiger partial charge in [0.1, 0.15) is 6.54 Å². The number of nitro benzene ring substituents is 1. The molecule has 2 aromatic rings. The van der Waals surface area contributed by atoms with Crippen LogP contribution in [0.3, 0.4) is 0 Å². The number of hydrogen-bond acceptors (Lipinski definition) is 8. The van der Waals surface area contributed by atoms with Crippen LogP contribution < -0.4 is 0 Å². The van der Waals surface area contributed by atoms with Gasteiger partial charge in [0.05, 0.1) is 21.3 Å². The van der Waals surface area contributed by atoms with Crippen LogP contribution in [0.25, 0.3) is 6.08 Å². The molecule has 1 aliphatic heterocycles. The van der Waals surface area contributed by atoms with E-state index >= 15 is 0 Å². The molecule has 0 unspecified atom stereocenters. The Morgan fingerprint density at radius 1 is 1.24 bits per heavy atom. The van der Waals surface area contributed by atoms with E-state index < -0.39 is 28.6 Å². The molecule has 1 saturated heterocycles. The molecule has 0 N–H and O–H groups in total. The van der Waals surface area contributed by atoms with Crippen LogP contribution in [0.4, 0.5) is 10.5 Å². The van der Waals surface area contributed by atoms with Crippen LogP contribution in [0.2, 0.25) is 5.02 Å². The van der Waals surface area contributed by atoms with Gasteiger partial charge in [-0.3, -0.25) is 29.4 Å². The predicted molar refractivity (Wildman–Crippen MR) is 127 cm³/mol. The number of hydrogen-bond donors (Lipinski definition) is 0. The minimum absolute atomic E-state index is 0.0732. The van der Waals surface area contributed by atoms with Crippen molar-refractivity contribution < 1.29 is 24.0 Å². The molecule has 0 bridgehead atoms. The summed E-state index contributed by atoms with van der Waals surface area (Å²) in [4.78, 5) is 49.9. The molecule has 8 nitrogen and oxygen atoms in total. The third-order valence-electron chi connectivity index (χ3n) is 4.26. The van der Waals surface area contributed by atoms with Crippen LogP contribution in [0, 0.1) is 16.0 Å². The normalized spacial score (nSPS) is 14.9. The second kappa shape index (κ2) is 10.9. The molecule has 0 aliphatic carbocycles. The van der Waals surface area contributed by atoms with Crippen molar-refractivity contribution in [3.8, 4) is 0 Å². The van der Waals surface area contributed by atoms with E-state index in [1.807, 2.05) is 13.8 Å². The third-order valence-corrected chi connectivity index (χ3v) is 6.49. The molecule has 1 aliphatic rings. The first-order valence-electron chi connectivity index (χ1n) is 9.77. The van der Waals surface area contributed by atoms with E-state index in [9.17, 15) is 24.5 Å². The molecule has 1 heterocycles. The summed E-state index contributed by atoms with van der Waals surface area (Å²) in [5.41, 5.74) is 0.246. The average molecular weight is 507 g/mol. The Kier molecular flexibility index (Phi) is 8.17. The lowest BCUT2D eigenvalue weighted by atomic mass is 10.2. The van der Waals surface area contributed by atoms with E-state index in [0.717, 1.165) is 9.80 Å². The summed E-state index contributed by atoms with van der Waals surface area (Å²) in [7, 11) is 0. The number of esters is 1. The molecule has 0 atom stereocenters. The number of imide groups is 1. The number of nitrogens with zero attached hydrogens (tertiary/aromatic N) is 2.